The summed E-state index contributed by atoms with van der Waals surface area (Å²) in [5.41, 5.74) is 4.53. The lowest BCUT2D eigenvalue weighted by molar-refractivity contribution is -0.128. The number of ketones is 3. The second-order valence-electron chi connectivity index (χ2n) is 3.73. The zero-order chi connectivity index (χ0) is 14.0. The molecule has 0 atom stereocenters. The first-order valence-corrected chi connectivity index (χ1v) is 5.11. The van der Waals surface area contributed by atoms with Crippen molar-refractivity contribution in [1.29, 1.82) is 0 Å². The molecule has 0 fully saturated rings. The van der Waals surface area contributed by atoms with Gasteiger partial charge in [-0.15, -0.1) is 0 Å². The minimum absolute atomic E-state index is 0.0450. The Morgan fingerprint density at radius 1 is 1.06 bits per heavy atom. The second kappa shape index (κ2) is 9.45. The summed E-state index contributed by atoms with van der Waals surface area (Å²) in [6, 6.07) is 0. The average Bonchev–Trinajstić information content (AvgIpc) is 2.16. The molecule has 0 aliphatic heterocycles. The van der Waals surface area contributed by atoms with Crippen LogP contribution in [0.3, 0.4) is 0 Å². The van der Waals surface area contributed by atoms with Crippen molar-refractivity contribution in [2.45, 2.75) is 33.6 Å². The normalized spacial score (nSPS) is 8.94. The van der Waals surface area contributed by atoms with Gasteiger partial charge in [0.05, 0.1) is 0 Å². The third-order valence-corrected chi connectivity index (χ3v) is 1.84. The lowest BCUT2D eigenvalue weighted by Gasteiger charge is -2.08. The summed E-state index contributed by atoms with van der Waals surface area (Å²) in [5, 5.41) is 0. The number of hydrogen-bond acceptors (Lipinski definition) is 4. The van der Waals surface area contributed by atoms with Crippen LogP contribution >= 0.6 is 0 Å². The molecule has 1 amide bonds. The highest BCUT2D eigenvalue weighted by Crippen LogP contribution is 2.10. The number of carbonyl (C=O) groups excluding carboxylic acids is 4. The third-order valence-electron chi connectivity index (χ3n) is 1.84. The lowest BCUT2D eigenvalue weighted by atomic mass is 9.94. The van der Waals surface area contributed by atoms with Crippen molar-refractivity contribution >= 4 is 23.3 Å². The van der Waals surface area contributed by atoms with Crippen molar-refractivity contribution in [3.8, 4) is 0 Å². The molecule has 0 aromatic heterocycles. The van der Waals surface area contributed by atoms with Crippen LogP contribution in [0.15, 0.2) is 12.7 Å². The van der Waals surface area contributed by atoms with Gasteiger partial charge >= 0.3 is 0 Å². The number of primary amides is 1. The van der Waals surface area contributed by atoms with Gasteiger partial charge in [-0.25, -0.2) is 0 Å². The highest BCUT2D eigenvalue weighted by molar-refractivity contribution is 5.89. The Morgan fingerprint density at radius 2 is 1.35 bits per heavy atom. The van der Waals surface area contributed by atoms with E-state index in [1.54, 1.807) is 0 Å². The third kappa shape index (κ3) is 14.2. The monoisotopic (exact) mass is 241 g/mol. The fourth-order valence-electron chi connectivity index (χ4n) is 1.05. The van der Waals surface area contributed by atoms with Crippen LogP contribution in [0, 0.1) is 5.92 Å². The molecule has 5 nitrogen and oxygen atoms in total. The van der Waals surface area contributed by atoms with E-state index in [4.69, 9.17) is 0 Å². The van der Waals surface area contributed by atoms with Gasteiger partial charge in [-0.1, -0.05) is 6.58 Å². The van der Waals surface area contributed by atoms with E-state index in [1.807, 2.05) is 0 Å². The number of nitrogens with two attached hydrogens (primary N) is 1. The van der Waals surface area contributed by atoms with Gasteiger partial charge in [0.25, 0.3) is 0 Å². The van der Waals surface area contributed by atoms with Crippen molar-refractivity contribution in [3.05, 3.63) is 12.7 Å². The van der Waals surface area contributed by atoms with Crippen molar-refractivity contribution in [2.75, 3.05) is 0 Å². The van der Waals surface area contributed by atoms with Crippen LogP contribution in [0.1, 0.15) is 33.6 Å². The number of amides is 1. The summed E-state index contributed by atoms with van der Waals surface area (Å²) in [6.45, 7) is 7.35. The van der Waals surface area contributed by atoms with Crippen molar-refractivity contribution < 1.29 is 19.2 Å². The topological polar surface area (TPSA) is 94.3 Å². The van der Waals surface area contributed by atoms with Crippen LogP contribution in [0.4, 0.5) is 0 Å². The molecular formula is C12H19NO4. The van der Waals surface area contributed by atoms with Gasteiger partial charge in [0.15, 0.2) is 0 Å². The van der Waals surface area contributed by atoms with Gasteiger partial charge in [0.1, 0.15) is 17.3 Å². The van der Waals surface area contributed by atoms with Gasteiger partial charge in [-0.3, -0.25) is 9.59 Å². The molecule has 0 heterocycles. The van der Waals surface area contributed by atoms with Crippen LogP contribution < -0.4 is 5.73 Å². The number of Topliss-reactive ketones (excluding diaryl/α,β-unsaturated/α-hetero) is 3. The Morgan fingerprint density at radius 3 is 1.47 bits per heavy atom. The highest BCUT2D eigenvalue weighted by atomic mass is 16.1. The maximum atomic E-state index is 10.9. The molecule has 0 aromatic rings. The standard InChI is InChI=1S/C9H14O3.C3H5NO/c1-6(10)4-9(8(3)12)5-7(2)11;1-2-3(4)5/h9H,4-5H2,1-3H3;2H,1H2,(H2,4,5). The molecule has 0 aromatic carbocycles. The summed E-state index contributed by atoms with van der Waals surface area (Å²) < 4.78 is 0. The maximum Gasteiger partial charge on any atom is 0.240 e. The Hall–Kier alpha value is -1.78. The maximum absolute atomic E-state index is 10.9. The molecule has 0 unspecified atom stereocenters. The second-order valence-corrected chi connectivity index (χ2v) is 3.73. The molecule has 17 heavy (non-hydrogen) atoms. The van der Waals surface area contributed by atoms with Crippen LogP contribution in [0.25, 0.3) is 0 Å². The molecule has 0 bridgehead atoms. The first kappa shape index (κ1) is 17.6. The van der Waals surface area contributed by atoms with E-state index < -0.39 is 11.8 Å². The van der Waals surface area contributed by atoms with Gasteiger partial charge in [-0.2, -0.15) is 0 Å². The Kier molecular flexibility index (Phi) is 9.79. The predicted molar refractivity (Wildman–Crippen MR) is 64.2 cm³/mol. The summed E-state index contributed by atoms with van der Waals surface area (Å²) in [6.07, 6.45) is 1.43. The van der Waals surface area contributed by atoms with Crippen LogP contribution in [0.2, 0.25) is 0 Å². The van der Waals surface area contributed by atoms with Crippen molar-refractivity contribution in [2.24, 2.45) is 11.7 Å². The summed E-state index contributed by atoms with van der Waals surface area (Å²) in [4.78, 5) is 41.7. The van der Waals surface area contributed by atoms with Gasteiger partial charge in [0.2, 0.25) is 5.91 Å². The van der Waals surface area contributed by atoms with E-state index in [1.165, 1.54) is 20.8 Å². The molecule has 0 aliphatic carbocycles. The Labute approximate surface area is 101 Å². The zero-order valence-electron chi connectivity index (χ0n) is 10.5. The number of hydrogen-bond donors (Lipinski definition) is 1. The number of carbonyl (C=O) groups is 4. The molecule has 0 radical (unpaired) electrons. The van der Waals surface area contributed by atoms with Crippen molar-refractivity contribution in [1.82, 2.24) is 0 Å². The highest BCUT2D eigenvalue weighted by Gasteiger charge is 2.17. The molecule has 0 aliphatic rings. The molecule has 2 N–H and O–H groups in total. The Bertz CT molecular complexity index is 304. The predicted octanol–water partition coefficient (Wildman–Crippen LogP) is 0.807. The molecule has 0 saturated heterocycles. The zero-order valence-corrected chi connectivity index (χ0v) is 10.5. The summed E-state index contributed by atoms with van der Waals surface area (Å²) >= 11 is 0. The smallest absolute Gasteiger partial charge is 0.240 e. The first-order valence-electron chi connectivity index (χ1n) is 5.11. The first-order chi connectivity index (χ1) is 7.70. The fraction of sp³-hybridized carbons (Fsp3) is 0.500. The number of rotatable bonds is 6. The SMILES string of the molecule is C=CC(N)=O.CC(=O)CC(CC(C)=O)C(C)=O. The van der Waals surface area contributed by atoms with Gasteiger partial charge < -0.3 is 15.3 Å². The molecule has 0 saturated carbocycles. The molecule has 0 spiro atoms. The van der Waals surface area contributed by atoms with Crippen LogP contribution in [0.5, 0.6) is 0 Å². The lowest BCUT2D eigenvalue weighted by Crippen LogP contribution is -2.17. The summed E-state index contributed by atoms with van der Waals surface area (Å²) in [7, 11) is 0. The molecule has 96 valence electrons. The minimum atomic E-state index is -0.481. The van der Waals surface area contributed by atoms with Gasteiger partial charge in [0, 0.05) is 18.8 Å². The van der Waals surface area contributed by atoms with E-state index in [2.05, 4.69) is 12.3 Å². The van der Waals surface area contributed by atoms with Crippen LogP contribution in [-0.4, -0.2) is 23.3 Å². The quantitative estimate of drug-likeness (QED) is 0.696. The van der Waals surface area contributed by atoms with E-state index >= 15 is 0 Å². The largest absolute Gasteiger partial charge is 0.366 e. The van der Waals surface area contributed by atoms with Gasteiger partial charge in [-0.05, 0) is 26.8 Å². The molecule has 0 rings (SSSR count). The molecule has 5 heteroatoms. The van der Waals surface area contributed by atoms with E-state index in [0.717, 1.165) is 6.08 Å². The summed E-state index contributed by atoms with van der Waals surface area (Å²) in [5.74, 6) is -1.06. The van der Waals surface area contributed by atoms with E-state index in [9.17, 15) is 19.2 Å². The van der Waals surface area contributed by atoms with E-state index in [0.29, 0.717) is 0 Å². The minimum Gasteiger partial charge on any atom is -0.366 e. The fourth-order valence-corrected chi connectivity index (χ4v) is 1.05. The molecular weight excluding hydrogens is 222 g/mol. The Balaban J connectivity index is 0. The van der Waals surface area contributed by atoms with Crippen LogP contribution in [-0.2, 0) is 19.2 Å². The average molecular weight is 241 g/mol. The van der Waals surface area contributed by atoms with Crippen molar-refractivity contribution in [3.63, 3.8) is 0 Å². The van der Waals surface area contributed by atoms with E-state index in [-0.39, 0.29) is 30.2 Å².